The normalized spacial score (nSPS) is 19.2. The van der Waals surface area contributed by atoms with Crippen molar-refractivity contribution in [3.8, 4) is 5.75 Å². The molecule has 0 radical (unpaired) electrons. The summed E-state index contributed by atoms with van der Waals surface area (Å²) in [6.07, 6.45) is 5.04. The van der Waals surface area contributed by atoms with Gasteiger partial charge in [-0.1, -0.05) is 65.7 Å². The van der Waals surface area contributed by atoms with Crippen LogP contribution in [0.5, 0.6) is 5.75 Å². The first-order valence-corrected chi connectivity index (χ1v) is 12.1. The third-order valence-corrected chi connectivity index (χ3v) is 6.49. The molecule has 0 amide bonds. The van der Waals surface area contributed by atoms with Crippen molar-refractivity contribution in [1.82, 2.24) is 14.8 Å². The second kappa shape index (κ2) is 10.7. The second-order valence-corrected chi connectivity index (χ2v) is 9.16. The van der Waals surface area contributed by atoms with Gasteiger partial charge in [0.25, 0.3) is 0 Å². The summed E-state index contributed by atoms with van der Waals surface area (Å²) < 4.78 is 20.6. The fraction of sp³-hybridized carbons (Fsp3) is 0.308. The topological polar surface area (TPSA) is 58.4 Å². The van der Waals surface area contributed by atoms with Gasteiger partial charge >= 0.3 is 0 Å². The van der Waals surface area contributed by atoms with Crippen LogP contribution in [0.25, 0.3) is 10.8 Å². The predicted octanol–water partition coefficient (Wildman–Crippen LogP) is 6.47. The molecule has 1 aliphatic rings. The maximum absolute atomic E-state index is 6.51. The van der Waals surface area contributed by atoms with Gasteiger partial charge in [-0.15, -0.1) is 0 Å². The quantitative estimate of drug-likeness (QED) is 0.279. The van der Waals surface area contributed by atoms with Crippen LogP contribution in [0.3, 0.4) is 0 Å². The Bertz CT molecular complexity index is 1230. The lowest BCUT2D eigenvalue weighted by molar-refractivity contribution is -0.223. The summed E-state index contributed by atoms with van der Waals surface area (Å²) in [6, 6.07) is 19.7. The fourth-order valence-corrected chi connectivity index (χ4v) is 4.78. The van der Waals surface area contributed by atoms with Gasteiger partial charge in [0, 0.05) is 21.0 Å². The highest BCUT2D eigenvalue weighted by molar-refractivity contribution is 6.35. The molecule has 0 N–H and O–H groups in total. The van der Waals surface area contributed by atoms with Crippen molar-refractivity contribution in [3.05, 3.63) is 88.9 Å². The second-order valence-electron chi connectivity index (χ2n) is 8.31. The van der Waals surface area contributed by atoms with Gasteiger partial charge in [-0.3, -0.25) is 4.68 Å². The molecule has 6 nitrogen and oxygen atoms in total. The average Bonchev–Trinajstić information content (AvgIpc) is 3.36. The molecule has 34 heavy (non-hydrogen) atoms. The summed E-state index contributed by atoms with van der Waals surface area (Å²) in [4.78, 5) is 4.03. The smallest absolute Gasteiger partial charge is 0.159 e. The first-order chi connectivity index (χ1) is 16.7. The monoisotopic (exact) mass is 497 g/mol. The Morgan fingerprint density at radius 2 is 1.94 bits per heavy atom. The van der Waals surface area contributed by atoms with Crippen LogP contribution in [0.1, 0.15) is 30.9 Å². The van der Waals surface area contributed by atoms with Crippen LogP contribution in [0, 0.1) is 0 Å². The van der Waals surface area contributed by atoms with Crippen LogP contribution in [-0.2, 0) is 16.0 Å². The predicted molar refractivity (Wildman–Crippen MR) is 132 cm³/mol. The Balaban J connectivity index is 1.26. The van der Waals surface area contributed by atoms with E-state index in [1.807, 2.05) is 36.4 Å². The lowest BCUT2D eigenvalue weighted by Crippen LogP contribution is -2.35. The van der Waals surface area contributed by atoms with E-state index in [1.165, 1.54) is 6.33 Å². The Morgan fingerprint density at radius 1 is 1.06 bits per heavy atom. The van der Waals surface area contributed by atoms with Gasteiger partial charge in [0.15, 0.2) is 6.29 Å². The zero-order valence-corrected chi connectivity index (χ0v) is 20.0. The maximum Gasteiger partial charge on any atom is 0.159 e. The van der Waals surface area contributed by atoms with E-state index in [9.17, 15) is 0 Å². The average molecular weight is 498 g/mol. The third-order valence-electron chi connectivity index (χ3n) is 5.93. The van der Waals surface area contributed by atoms with Gasteiger partial charge in [0.1, 0.15) is 31.1 Å². The molecule has 8 heteroatoms. The molecule has 4 aromatic rings. The minimum absolute atomic E-state index is 0.0644. The molecule has 1 saturated heterocycles. The first-order valence-electron chi connectivity index (χ1n) is 11.3. The number of fused-ring (bicyclic) bond motifs is 1. The Hall–Kier alpha value is -2.64. The number of ether oxygens (including phenoxy) is 3. The molecule has 3 atom stereocenters. The lowest BCUT2D eigenvalue weighted by Gasteiger charge is -2.33. The summed E-state index contributed by atoms with van der Waals surface area (Å²) in [5.41, 5.74) is 0.833. The van der Waals surface area contributed by atoms with Gasteiger partial charge < -0.3 is 14.2 Å². The molecule has 0 aliphatic carbocycles. The van der Waals surface area contributed by atoms with Crippen LogP contribution in [0.2, 0.25) is 10.0 Å². The summed E-state index contributed by atoms with van der Waals surface area (Å²) in [6.45, 7) is 0.918. The SMILES string of the molecule is Clc1ccc(C(Cn2cncn2)O[C@H]2CCC[C@H](COc3cccc4ccccc34)O2)c(Cl)c1. The highest BCUT2D eigenvalue weighted by atomic mass is 35.5. The van der Waals surface area contributed by atoms with Crippen LogP contribution in [0.4, 0.5) is 0 Å². The van der Waals surface area contributed by atoms with Crippen molar-refractivity contribution in [2.75, 3.05) is 6.61 Å². The number of halogens is 2. The summed E-state index contributed by atoms with van der Waals surface area (Å²) in [7, 11) is 0. The van der Waals surface area contributed by atoms with Crippen molar-refractivity contribution in [3.63, 3.8) is 0 Å². The van der Waals surface area contributed by atoms with Crippen molar-refractivity contribution in [2.24, 2.45) is 0 Å². The lowest BCUT2D eigenvalue weighted by atomic mass is 10.1. The number of rotatable bonds is 8. The Kier molecular flexibility index (Phi) is 7.30. The van der Waals surface area contributed by atoms with Crippen LogP contribution in [-0.4, -0.2) is 33.8 Å². The molecular formula is C26H25Cl2N3O3. The molecule has 1 aliphatic heterocycles. The van der Waals surface area contributed by atoms with Crippen molar-refractivity contribution in [1.29, 1.82) is 0 Å². The number of hydrogen-bond donors (Lipinski definition) is 0. The number of nitrogens with zero attached hydrogens (tertiary/aromatic N) is 3. The summed E-state index contributed by atoms with van der Waals surface area (Å²) in [5, 5.41) is 7.59. The number of hydrogen-bond acceptors (Lipinski definition) is 5. The Labute approximate surface area is 208 Å². The van der Waals surface area contributed by atoms with Crippen LogP contribution < -0.4 is 4.74 Å². The van der Waals surface area contributed by atoms with E-state index in [1.54, 1.807) is 17.1 Å². The molecule has 3 aromatic carbocycles. The van der Waals surface area contributed by atoms with Crippen molar-refractivity contribution in [2.45, 2.75) is 44.3 Å². The van der Waals surface area contributed by atoms with Crippen LogP contribution >= 0.6 is 23.2 Å². The molecule has 176 valence electrons. The van der Waals surface area contributed by atoms with E-state index in [-0.39, 0.29) is 18.5 Å². The molecule has 1 unspecified atom stereocenters. The van der Waals surface area contributed by atoms with E-state index in [4.69, 9.17) is 37.4 Å². The van der Waals surface area contributed by atoms with Crippen molar-refractivity contribution >= 4 is 34.0 Å². The van der Waals surface area contributed by atoms with E-state index < -0.39 is 0 Å². The van der Waals surface area contributed by atoms with Gasteiger partial charge in [0.2, 0.25) is 0 Å². The zero-order valence-electron chi connectivity index (χ0n) is 18.5. The molecular weight excluding hydrogens is 473 g/mol. The molecule has 0 saturated carbocycles. The fourth-order valence-electron chi connectivity index (χ4n) is 4.25. The number of aromatic nitrogens is 3. The maximum atomic E-state index is 6.51. The van der Waals surface area contributed by atoms with E-state index in [0.717, 1.165) is 41.3 Å². The largest absolute Gasteiger partial charge is 0.490 e. The van der Waals surface area contributed by atoms with Gasteiger partial charge in [-0.2, -0.15) is 5.10 Å². The molecule has 5 rings (SSSR count). The van der Waals surface area contributed by atoms with Crippen LogP contribution in [0.15, 0.2) is 73.3 Å². The Morgan fingerprint density at radius 3 is 2.79 bits per heavy atom. The van der Waals surface area contributed by atoms with E-state index >= 15 is 0 Å². The van der Waals surface area contributed by atoms with E-state index in [0.29, 0.717) is 23.2 Å². The molecule has 0 bridgehead atoms. The standard InChI is InChI=1S/C26H25Cl2N3O3/c27-19-11-12-22(23(28)13-19)25(14-31-17-29-16-30-31)34-26-10-4-7-20(33-26)15-32-24-9-3-6-18-5-1-2-8-21(18)24/h1-3,5-6,8-9,11-13,16-17,20,25-26H,4,7,10,14-15H2/t20-,25?,26+/m1/s1. The molecule has 1 fully saturated rings. The molecule has 1 aromatic heterocycles. The summed E-state index contributed by atoms with van der Waals surface area (Å²) in [5.74, 6) is 0.863. The first kappa shape index (κ1) is 23.1. The molecule has 0 spiro atoms. The third kappa shape index (κ3) is 5.53. The zero-order chi connectivity index (χ0) is 23.3. The van der Waals surface area contributed by atoms with Gasteiger partial charge in [-0.25, -0.2) is 4.98 Å². The highest BCUT2D eigenvalue weighted by Gasteiger charge is 2.28. The molecule has 2 heterocycles. The highest BCUT2D eigenvalue weighted by Crippen LogP contribution is 2.33. The van der Waals surface area contributed by atoms with Gasteiger partial charge in [0.05, 0.1) is 12.6 Å². The van der Waals surface area contributed by atoms with Gasteiger partial charge in [-0.05, 0) is 42.8 Å². The minimum atomic E-state index is -0.380. The number of benzene rings is 3. The van der Waals surface area contributed by atoms with E-state index in [2.05, 4.69) is 28.3 Å². The summed E-state index contributed by atoms with van der Waals surface area (Å²) >= 11 is 12.6. The van der Waals surface area contributed by atoms with Crippen molar-refractivity contribution < 1.29 is 14.2 Å². The minimum Gasteiger partial charge on any atom is -0.490 e.